The van der Waals surface area contributed by atoms with Gasteiger partial charge in [-0.15, -0.1) is 0 Å². The Hall–Kier alpha value is -1.55. The zero-order valence-corrected chi connectivity index (χ0v) is 16.1. The van der Waals surface area contributed by atoms with E-state index in [1.807, 2.05) is 6.92 Å². The van der Waals surface area contributed by atoms with Crippen molar-refractivity contribution in [3.8, 4) is 0 Å². The molecule has 2 N–H and O–H groups in total. The number of nitrogens with one attached hydrogen (secondary N) is 2. The van der Waals surface area contributed by atoms with Crippen molar-refractivity contribution >= 4 is 5.96 Å². The van der Waals surface area contributed by atoms with Crippen molar-refractivity contribution in [2.24, 2.45) is 4.99 Å². The van der Waals surface area contributed by atoms with Crippen molar-refractivity contribution in [3.05, 3.63) is 35.4 Å². The molecule has 0 fully saturated rings. The van der Waals surface area contributed by atoms with E-state index in [1.165, 1.54) is 11.1 Å². The van der Waals surface area contributed by atoms with Crippen LogP contribution in [0.4, 0.5) is 0 Å². The molecule has 1 rings (SSSR count). The summed E-state index contributed by atoms with van der Waals surface area (Å²) in [6.45, 7) is 15.0. The molecule has 1 aromatic carbocycles. The molecule has 0 bridgehead atoms. The zero-order chi connectivity index (χ0) is 17.8. The minimum atomic E-state index is 0.0165. The Kier molecular flexibility index (Phi) is 9.46. The van der Waals surface area contributed by atoms with Crippen molar-refractivity contribution < 1.29 is 4.74 Å². The van der Waals surface area contributed by atoms with Gasteiger partial charge >= 0.3 is 0 Å². The van der Waals surface area contributed by atoms with Crippen LogP contribution in [0.25, 0.3) is 0 Å². The Balaban J connectivity index is 2.56. The number of hydrogen-bond acceptors (Lipinski definition) is 2. The van der Waals surface area contributed by atoms with E-state index in [4.69, 9.17) is 9.73 Å². The van der Waals surface area contributed by atoms with E-state index in [1.54, 1.807) is 0 Å². The highest BCUT2D eigenvalue weighted by molar-refractivity contribution is 5.79. The highest BCUT2D eigenvalue weighted by atomic mass is 16.5. The molecule has 4 nitrogen and oxygen atoms in total. The summed E-state index contributed by atoms with van der Waals surface area (Å²) in [6, 6.07) is 8.57. The average molecular weight is 334 g/mol. The molecule has 0 unspecified atom stereocenters. The van der Waals surface area contributed by atoms with Gasteiger partial charge in [0.05, 0.1) is 6.54 Å². The Labute approximate surface area is 148 Å². The summed E-state index contributed by atoms with van der Waals surface area (Å²) in [7, 11) is 0. The van der Waals surface area contributed by atoms with Crippen LogP contribution in [0.15, 0.2) is 29.3 Å². The van der Waals surface area contributed by atoms with Gasteiger partial charge in [0.1, 0.15) is 0 Å². The van der Waals surface area contributed by atoms with Gasteiger partial charge in [-0.1, -0.05) is 38.1 Å². The molecule has 0 aliphatic heterocycles. The number of nitrogens with zero attached hydrogens (tertiary/aromatic N) is 1. The fraction of sp³-hybridized carbons (Fsp3) is 0.650. The van der Waals surface area contributed by atoms with E-state index < -0.39 is 0 Å². The van der Waals surface area contributed by atoms with Crippen LogP contribution in [-0.4, -0.2) is 38.8 Å². The third-order valence-electron chi connectivity index (χ3n) is 4.06. The van der Waals surface area contributed by atoms with Gasteiger partial charge in [0, 0.05) is 31.7 Å². The summed E-state index contributed by atoms with van der Waals surface area (Å²) in [5, 5.41) is 6.75. The first-order chi connectivity index (χ1) is 11.5. The molecular formula is C20H35N3O. The van der Waals surface area contributed by atoms with Crippen molar-refractivity contribution in [2.75, 3.05) is 32.8 Å². The molecule has 4 heteroatoms. The molecule has 0 atom stereocenters. The highest BCUT2D eigenvalue weighted by Gasteiger charge is 2.22. The lowest BCUT2D eigenvalue weighted by molar-refractivity contribution is 0.143. The number of aryl methyl sites for hydroxylation is 1. The van der Waals surface area contributed by atoms with Gasteiger partial charge in [-0.3, -0.25) is 4.99 Å². The third kappa shape index (κ3) is 7.35. The molecule has 0 aliphatic rings. The summed E-state index contributed by atoms with van der Waals surface area (Å²) in [5.74, 6) is 0.899. The van der Waals surface area contributed by atoms with Gasteiger partial charge in [0.2, 0.25) is 0 Å². The second kappa shape index (κ2) is 11.1. The number of benzene rings is 1. The minimum absolute atomic E-state index is 0.0165. The maximum absolute atomic E-state index is 5.37. The van der Waals surface area contributed by atoms with E-state index in [2.05, 4.69) is 62.6 Å². The van der Waals surface area contributed by atoms with E-state index >= 15 is 0 Å². The van der Waals surface area contributed by atoms with Crippen molar-refractivity contribution in [3.63, 3.8) is 0 Å². The van der Waals surface area contributed by atoms with Gasteiger partial charge in [-0.05, 0) is 44.7 Å². The van der Waals surface area contributed by atoms with Gasteiger partial charge in [-0.2, -0.15) is 0 Å². The average Bonchev–Trinajstić information content (AvgIpc) is 2.56. The summed E-state index contributed by atoms with van der Waals surface area (Å²) in [5.41, 5.74) is 2.70. The van der Waals surface area contributed by atoms with Gasteiger partial charge in [-0.25, -0.2) is 0 Å². The van der Waals surface area contributed by atoms with Crippen molar-refractivity contribution in [1.29, 1.82) is 0 Å². The number of guanidine groups is 1. The molecule has 24 heavy (non-hydrogen) atoms. The maximum Gasteiger partial charge on any atom is 0.191 e. The van der Waals surface area contributed by atoms with Crippen LogP contribution in [0.1, 0.15) is 51.7 Å². The first kappa shape index (κ1) is 20.5. The van der Waals surface area contributed by atoms with Crippen LogP contribution in [0.3, 0.4) is 0 Å². The second-order valence-electron chi connectivity index (χ2n) is 6.72. The smallest absolute Gasteiger partial charge is 0.191 e. The summed E-state index contributed by atoms with van der Waals surface area (Å²) < 4.78 is 5.37. The van der Waals surface area contributed by atoms with Crippen molar-refractivity contribution in [2.45, 2.75) is 52.9 Å². The molecular weight excluding hydrogens is 298 g/mol. The predicted molar refractivity (Wildman–Crippen MR) is 104 cm³/mol. The molecule has 0 saturated carbocycles. The van der Waals surface area contributed by atoms with Gasteiger partial charge in [0.25, 0.3) is 0 Å². The minimum Gasteiger partial charge on any atom is -0.382 e. The molecule has 0 aromatic heterocycles. The van der Waals surface area contributed by atoms with E-state index in [0.29, 0.717) is 0 Å². The number of hydrogen-bond donors (Lipinski definition) is 2. The molecule has 1 aromatic rings. The third-order valence-corrected chi connectivity index (χ3v) is 4.06. The lowest BCUT2D eigenvalue weighted by Gasteiger charge is -2.25. The molecule has 0 saturated heterocycles. The van der Waals surface area contributed by atoms with Crippen LogP contribution in [0.2, 0.25) is 0 Å². The molecule has 0 aliphatic carbocycles. The first-order valence-corrected chi connectivity index (χ1v) is 9.17. The van der Waals surface area contributed by atoms with Crippen LogP contribution in [0, 0.1) is 6.92 Å². The Morgan fingerprint density at radius 2 is 1.88 bits per heavy atom. The number of aliphatic imine (C=N–C) groups is 1. The maximum atomic E-state index is 5.37. The summed E-state index contributed by atoms with van der Waals surface area (Å²) in [6.07, 6.45) is 2.17. The van der Waals surface area contributed by atoms with Gasteiger partial charge < -0.3 is 15.4 Å². The number of rotatable bonds is 10. The highest BCUT2D eigenvalue weighted by Crippen LogP contribution is 2.26. The second-order valence-corrected chi connectivity index (χ2v) is 6.72. The monoisotopic (exact) mass is 333 g/mol. The van der Waals surface area contributed by atoms with Gasteiger partial charge in [0.15, 0.2) is 5.96 Å². The van der Waals surface area contributed by atoms with E-state index in [-0.39, 0.29) is 5.41 Å². The lowest BCUT2D eigenvalue weighted by Crippen LogP contribution is -2.39. The largest absolute Gasteiger partial charge is 0.382 e. The standard InChI is InChI=1S/C20H35N3O/c1-6-21-19(22-14-10-11-15-24-7-2)23-16-20(4,5)18-13-9-8-12-17(18)3/h8-9,12-13H,6-7,10-11,14-16H2,1-5H3,(H2,21,22,23). The fourth-order valence-electron chi connectivity index (χ4n) is 2.72. The van der Waals surface area contributed by atoms with Crippen molar-refractivity contribution in [1.82, 2.24) is 10.6 Å². The van der Waals surface area contributed by atoms with Crippen LogP contribution >= 0.6 is 0 Å². The Bertz CT molecular complexity index is 497. The summed E-state index contributed by atoms with van der Waals surface area (Å²) >= 11 is 0. The molecule has 0 heterocycles. The first-order valence-electron chi connectivity index (χ1n) is 9.17. The molecule has 0 spiro atoms. The molecule has 0 radical (unpaired) electrons. The Morgan fingerprint density at radius 3 is 2.54 bits per heavy atom. The zero-order valence-electron chi connectivity index (χ0n) is 16.1. The number of ether oxygens (including phenoxy) is 1. The Morgan fingerprint density at radius 1 is 1.12 bits per heavy atom. The predicted octanol–water partition coefficient (Wildman–Crippen LogP) is 3.64. The quantitative estimate of drug-likeness (QED) is 0.390. The van der Waals surface area contributed by atoms with E-state index in [9.17, 15) is 0 Å². The SMILES string of the molecule is CCNC(=NCC(C)(C)c1ccccc1C)NCCCCOCC. The summed E-state index contributed by atoms with van der Waals surface area (Å²) in [4.78, 5) is 4.80. The van der Waals surface area contributed by atoms with Crippen LogP contribution in [0.5, 0.6) is 0 Å². The number of unbranched alkanes of at least 4 members (excludes halogenated alkanes) is 1. The molecule has 0 amide bonds. The normalized spacial score (nSPS) is 12.3. The topological polar surface area (TPSA) is 45.7 Å². The lowest BCUT2D eigenvalue weighted by atomic mass is 9.82. The van der Waals surface area contributed by atoms with Crippen LogP contribution < -0.4 is 10.6 Å². The fourth-order valence-corrected chi connectivity index (χ4v) is 2.72. The molecule has 136 valence electrons. The van der Waals surface area contributed by atoms with Crippen LogP contribution in [-0.2, 0) is 10.2 Å². The van der Waals surface area contributed by atoms with E-state index in [0.717, 1.165) is 51.6 Å².